The largest absolute Gasteiger partial charge is 0.494 e. The molecule has 2 aromatic rings. The molecule has 1 fully saturated rings. The first kappa shape index (κ1) is 16.4. The molecule has 1 aromatic carbocycles. The van der Waals surface area contributed by atoms with E-state index in [0.29, 0.717) is 24.8 Å². The van der Waals surface area contributed by atoms with Gasteiger partial charge < -0.3 is 19.7 Å². The van der Waals surface area contributed by atoms with Crippen LogP contribution < -0.4 is 4.74 Å². The molecule has 1 heterocycles. The van der Waals surface area contributed by atoms with Gasteiger partial charge in [-0.25, -0.2) is 0 Å². The molecule has 1 aliphatic rings. The third-order valence-electron chi connectivity index (χ3n) is 4.19. The number of nitrogens with zero attached hydrogens (tertiary/aromatic N) is 1. The van der Waals surface area contributed by atoms with Gasteiger partial charge in [0.05, 0.1) is 13.0 Å². The lowest BCUT2D eigenvalue weighted by atomic mass is 10.2. The number of H-pyrrole nitrogens is 1. The van der Waals surface area contributed by atoms with Gasteiger partial charge in [0, 0.05) is 30.1 Å². The zero-order chi connectivity index (χ0) is 17.1. The average molecular weight is 330 g/mol. The maximum atomic E-state index is 12.8. The number of carboxylic acids is 1. The smallest absolute Gasteiger partial charge is 0.305 e. The van der Waals surface area contributed by atoms with E-state index in [2.05, 4.69) is 4.98 Å². The van der Waals surface area contributed by atoms with Crippen molar-refractivity contribution in [1.82, 2.24) is 9.88 Å². The number of aliphatic carboxylic acids is 1. The normalized spacial score (nSPS) is 13.9. The number of aromatic nitrogens is 1. The first-order chi connectivity index (χ1) is 11.6. The van der Waals surface area contributed by atoms with Crippen LogP contribution in [0.4, 0.5) is 0 Å². The Morgan fingerprint density at radius 3 is 2.79 bits per heavy atom. The topological polar surface area (TPSA) is 82.6 Å². The van der Waals surface area contributed by atoms with E-state index in [9.17, 15) is 9.59 Å². The second-order valence-electron chi connectivity index (χ2n) is 6.20. The number of hydrogen-bond donors (Lipinski definition) is 2. The molecule has 0 bridgehead atoms. The Hall–Kier alpha value is -2.50. The van der Waals surface area contributed by atoms with Crippen LogP contribution in [0.2, 0.25) is 0 Å². The van der Waals surface area contributed by atoms with Crippen molar-refractivity contribution >= 4 is 22.8 Å². The summed E-state index contributed by atoms with van der Waals surface area (Å²) in [5.74, 6) is 0.238. The van der Waals surface area contributed by atoms with Gasteiger partial charge in [0.1, 0.15) is 11.4 Å². The standard InChI is InChI=1S/C18H22N2O4/c1-2-24-14-6-5-13-9-16(19-15(13)10-14)18(23)20(8-7-17(21)22)11-12-3-4-12/h5-6,9-10,12,19H,2-4,7-8,11H2,1H3,(H,21,22). The second-order valence-corrected chi connectivity index (χ2v) is 6.20. The predicted molar refractivity (Wildman–Crippen MR) is 90.3 cm³/mol. The first-order valence-electron chi connectivity index (χ1n) is 8.33. The van der Waals surface area contributed by atoms with Crippen LogP contribution in [-0.4, -0.2) is 46.6 Å². The van der Waals surface area contributed by atoms with Crippen LogP contribution in [0.1, 0.15) is 36.7 Å². The highest BCUT2D eigenvalue weighted by Crippen LogP contribution is 2.30. The minimum Gasteiger partial charge on any atom is -0.494 e. The van der Waals surface area contributed by atoms with Crippen molar-refractivity contribution < 1.29 is 19.4 Å². The molecule has 0 radical (unpaired) electrons. The zero-order valence-electron chi connectivity index (χ0n) is 13.7. The quantitative estimate of drug-likeness (QED) is 0.779. The van der Waals surface area contributed by atoms with Crippen LogP contribution in [0.25, 0.3) is 10.9 Å². The van der Waals surface area contributed by atoms with Gasteiger partial charge in [-0.05, 0) is 43.9 Å². The lowest BCUT2D eigenvalue weighted by Gasteiger charge is -2.21. The molecular formula is C18H22N2O4. The fourth-order valence-electron chi connectivity index (χ4n) is 2.77. The van der Waals surface area contributed by atoms with Crippen molar-refractivity contribution in [2.45, 2.75) is 26.2 Å². The lowest BCUT2D eigenvalue weighted by molar-refractivity contribution is -0.137. The molecule has 128 valence electrons. The van der Waals surface area contributed by atoms with Crippen molar-refractivity contribution in [2.75, 3.05) is 19.7 Å². The van der Waals surface area contributed by atoms with E-state index in [0.717, 1.165) is 29.5 Å². The molecular weight excluding hydrogens is 308 g/mol. The average Bonchev–Trinajstić information content (AvgIpc) is 3.27. The van der Waals surface area contributed by atoms with Crippen molar-refractivity contribution in [2.24, 2.45) is 5.92 Å². The third kappa shape index (κ3) is 3.88. The number of rotatable bonds is 8. The van der Waals surface area contributed by atoms with Crippen LogP contribution >= 0.6 is 0 Å². The highest BCUT2D eigenvalue weighted by atomic mass is 16.5. The minimum atomic E-state index is -0.887. The summed E-state index contributed by atoms with van der Waals surface area (Å²) in [5.41, 5.74) is 1.33. The molecule has 24 heavy (non-hydrogen) atoms. The number of carboxylic acid groups (broad SMARTS) is 1. The minimum absolute atomic E-state index is 0.0345. The van der Waals surface area contributed by atoms with E-state index in [4.69, 9.17) is 9.84 Å². The highest BCUT2D eigenvalue weighted by Gasteiger charge is 2.28. The number of nitrogens with one attached hydrogen (secondary N) is 1. The maximum Gasteiger partial charge on any atom is 0.305 e. The predicted octanol–water partition coefficient (Wildman–Crippen LogP) is 2.89. The van der Waals surface area contributed by atoms with Crippen molar-refractivity contribution in [3.8, 4) is 5.75 Å². The van der Waals surface area contributed by atoms with Gasteiger partial charge in [0.15, 0.2) is 0 Å². The first-order valence-corrected chi connectivity index (χ1v) is 8.33. The van der Waals surface area contributed by atoms with Gasteiger partial charge in [-0.3, -0.25) is 9.59 Å². The number of benzene rings is 1. The third-order valence-corrected chi connectivity index (χ3v) is 4.19. The number of fused-ring (bicyclic) bond motifs is 1. The number of aromatic amines is 1. The van der Waals surface area contributed by atoms with Crippen LogP contribution in [0.3, 0.4) is 0 Å². The molecule has 1 aromatic heterocycles. The Labute approximate surface area is 140 Å². The summed E-state index contributed by atoms with van der Waals surface area (Å²) in [7, 11) is 0. The summed E-state index contributed by atoms with van der Waals surface area (Å²) in [6, 6.07) is 7.47. The van der Waals surface area contributed by atoms with Crippen molar-refractivity contribution in [3.05, 3.63) is 30.0 Å². The molecule has 1 saturated carbocycles. The van der Waals surface area contributed by atoms with Gasteiger partial charge in [0.25, 0.3) is 5.91 Å². The van der Waals surface area contributed by atoms with E-state index in [1.807, 2.05) is 31.2 Å². The Morgan fingerprint density at radius 1 is 1.33 bits per heavy atom. The summed E-state index contributed by atoms with van der Waals surface area (Å²) in [6.45, 7) is 3.38. The molecule has 0 aliphatic heterocycles. The number of amides is 1. The van der Waals surface area contributed by atoms with Gasteiger partial charge in [0.2, 0.25) is 0 Å². The Bertz CT molecular complexity index is 749. The summed E-state index contributed by atoms with van der Waals surface area (Å²) in [4.78, 5) is 28.4. The van der Waals surface area contributed by atoms with Crippen LogP contribution in [0.5, 0.6) is 5.75 Å². The number of hydrogen-bond acceptors (Lipinski definition) is 3. The maximum absolute atomic E-state index is 12.8. The van der Waals surface area contributed by atoms with E-state index in [-0.39, 0.29) is 18.9 Å². The molecule has 1 aliphatic carbocycles. The highest BCUT2D eigenvalue weighted by molar-refractivity contribution is 5.98. The molecule has 0 spiro atoms. The Balaban J connectivity index is 1.79. The molecule has 6 heteroatoms. The fraction of sp³-hybridized carbons (Fsp3) is 0.444. The fourth-order valence-corrected chi connectivity index (χ4v) is 2.77. The Morgan fingerprint density at radius 2 is 2.12 bits per heavy atom. The lowest BCUT2D eigenvalue weighted by Crippen LogP contribution is -2.35. The summed E-state index contributed by atoms with van der Waals surface area (Å²) in [6.07, 6.45) is 2.19. The monoisotopic (exact) mass is 330 g/mol. The zero-order valence-corrected chi connectivity index (χ0v) is 13.7. The number of ether oxygens (including phenoxy) is 1. The van der Waals surface area contributed by atoms with Gasteiger partial charge in [-0.1, -0.05) is 0 Å². The molecule has 0 atom stereocenters. The number of carbonyl (C=O) groups excluding carboxylic acids is 1. The molecule has 3 rings (SSSR count). The summed E-state index contributed by atoms with van der Waals surface area (Å²) >= 11 is 0. The molecule has 0 unspecified atom stereocenters. The van der Waals surface area contributed by atoms with Crippen LogP contribution in [0.15, 0.2) is 24.3 Å². The van der Waals surface area contributed by atoms with E-state index in [1.54, 1.807) is 4.90 Å². The summed E-state index contributed by atoms with van der Waals surface area (Å²) < 4.78 is 5.48. The molecule has 6 nitrogen and oxygen atoms in total. The van der Waals surface area contributed by atoms with Crippen LogP contribution in [-0.2, 0) is 4.79 Å². The SMILES string of the molecule is CCOc1ccc2cc(C(=O)N(CCC(=O)O)CC3CC3)[nH]c2c1. The van der Waals surface area contributed by atoms with Gasteiger partial charge in [-0.15, -0.1) is 0 Å². The van der Waals surface area contributed by atoms with E-state index >= 15 is 0 Å². The van der Waals surface area contributed by atoms with E-state index < -0.39 is 5.97 Å². The van der Waals surface area contributed by atoms with Crippen molar-refractivity contribution in [3.63, 3.8) is 0 Å². The summed E-state index contributed by atoms with van der Waals surface area (Å²) in [5, 5.41) is 9.84. The van der Waals surface area contributed by atoms with E-state index in [1.165, 1.54) is 0 Å². The molecule has 1 amide bonds. The second kappa shape index (κ2) is 6.95. The number of carbonyl (C=O) groups is 2. The van der Waals surface area contributed by atoms with Crippen molar-refractivity contribution in [1.29, 1.82) is 0 Å². The Kier molecular flexibility index (Phi) is 4.74. The van der Waals surface area contributed by atoms with Gasteiger partial charge in [-0.2, -0.15) is 0 Å². The van der Waals surface area contributed by atoms with Gasteiger partial charge >= 0.3 is 5.97 Å². The molecule has 2 N–H and O–H groups in total. The van der Waals surface area contributed by atoms with Crippen LogP contribution in [0, 0.1) is 5.92 Å². The molecule has 0 saturated heterocycles.